The maximum absolute atomic E-state index is 14.3. The van der Waals surface area contributed by atoms with Crippen molar-refractivity contribution < 1.29 is 19.1 Å². The van der Waals surface area contributed by atoms with Crippen molar-refractivity contribution in [3.8, 4) is 0 Å². The molecule has 0 saturated heterocycles. The van der Waals surface area contributed by atoms with Crippen LogP contribution in [-0.4, -0.2) is 40.5 Å². The number of nitrogens with one attached hydrogen (secondary N) is 2. The van der Waals surface area contributed by atoms with Crippen LogP contribution < -0.4 is 10.6 Å². The minimum absolute atomic E-state index is 0.0669. The molecule has 3 atom stereocenters. The average Bonchev–Trinajstić information content (AvgIpc) is 3.67. The zero-order chi connectivity index (χ0) is 28.0. The highest BCUT2D eigenvalue weighted by molar-refractivity contribution is 5.92. The van der Waals surface area contributed by atoms with Crippen molar-refractivity contribution in [2.75, 3.05) is 0 Å². The van der Waals surface area contributed by atoms with Gasteiger partial charge >= 0.3 is 6.09 Å². The number of carbonyl (C=O) groups excluding carboxylic acids is 3. The highest BCUT2D eigenvalue weighted by Crippen LogP contribution is 2.37. The van der Waals surface area contributed by atoms with Crippen molar-refractivity contribution in [2.45, 2.75) is 98.0 Å². The van der Waals surface area contributed by atoms with Crippen LogP contribution in [0.3, 0.4) is 0 Å². The zero-order valence-electron chi connectivity index (χ0n) is 23.8. The van der Waals surface area contributed by atoms with Crippen LogP contribution in [0.5, 0.6) is 0 Å². The van der Waals surface area contributed by atoms with Gasteiger partial charge in [-0.3, -0.25) is 9.59 Å². The number of aryl methyl sites for hydroxylation is 2. The molecule has 38 heavy (non-hydrogen) atoms. The molecule has 2 aromatic rings. The molecule has 1 aliphatic carbocycles. The molecule has 1 fully saturated rings. The first kappa shape index (κ1) is 29.2. The van der Waals surface area contributed by atoms with Gasteiger partial charge in [0.05, 0.1) is 0 Å². The Balaban J connectivity index is 1.98. The standard InChI is InChI=1S/C31H43N3O4/c1-8-22(4)26(33-30(37)38-31(5,6)7)29(36)34(25-14-15-25)27(24-17-20(2)16-21(3)18-24)28(35)32-19-23-12-10-9-11-13-23/h9-13,16-18,22,25-27H,8,14-15,19H2,1-7H3,(H,32,35)(H,33,37). The van der Waals surface area contributed by atoms with Gasteiger partial charge in [0.1, 0.15) is 17.7 Å². The molecule has 3 rings (SSSR count). The first-order chi connectivity index (χ1) is 17.9. The number of hydrogen-bond donors (Lipinski definition) is 2. The van der Waals surface area contributed by atoms with Gasteiger partial charge in [-0.1, -0.05) is 79.9 Å². The largest absolute Gasteiger partial charge is 0.444 e. The second-order valence-electron chi connectivity index (χ2n) is 11.5. The van der Waals surface area contributed by atoms with Crippen molar-refractivity contribution in [3.05, 3.63) is 70.8 Å². The van der Waals surface area contributed by atoms with Gasteiger partial charge in [-0.2, -0.15) is 0 Å². The quantitative estimate of drug-likeness (QED) is 0.427. The van der Waals surface area contributed by atoms with Gasteiger partial charge < -0.3 is 20.3 Å². The molecular formula is C31H43N3O4. The fraction of sp³-hybridized carbons (Fsp3) is 0.516. The number of carbonyl (C=O) groups is 3. The number of alkyl carbamates (subject to hydrolysis) is 1. The van der Waals surface area contributed by atoms with Crippen LogP contribution >= 0.6 is 0 Å². The SMILES string of the molecule is CCC(C)C(NC(=O)OC(C)(C)C)C(=O)N(C1CC1)C(C(=O)NCc1ccccc1)c1cc(C)cc(C)c1. The third-order valence-corrected chi connectivity index (χ3v) is 6.74. The van der Waals surface area contributed by atoms with E-state index in [1.54, 1.807) is 25.7 Å². The summed E-state index contributed by atoms with van der Waals surface area (Å²) in [5, 5.41) is 5.89. The summed E-state index contributed by atoms with van der Waals surface area (Å²) in [5.41, 5.74) is 3.10. The zero-order valence-corrected chi connectivity index (χ0v) is 23.8. The van der Waals surface area contributed by atoms with E-state index >= 15 is 0 Å². The molecule has 0 heterocycles. The van der Waals surface area contributed by atoms with E-state index in [0.717, 1.165) is 35.1 Å². The summed E-state index contributed by atoms with van der Waals surface area (Å²) in [6.07, 6.45) is 1.68. The number of hydrogen-bond acceptors (Lipinski definition) is 4. The van der Waals surface area contributed by atoms with Gasteiger partial charge in [-0.25, -0.2) is 4.79 Å². The predicted octanol–water partition coefficient (Wildman–Crippen LogP) is 5.59. The molecule has 206 valence electrons. The van der Waals surface area contributed by atoms with Crippen LogP contribution in [0.4, 0.5) is 4.79 Å². The molecule has 0 aromatic heterocycles. The van der Waals surface area contributed by atoms with E-state index in [1.807, 2.05) is 70.2 Å². The van der Waals surface area contributed by atoms with E-state index in [2.05, 4.69) is 16.7 Å². The van der Waals surface area contributed by atoms with Crippen LogP contribution in [0, 0.1) is 19.8 Å². The lowest BCUT2D eigenvalue weighted by molar-refractivity contribution is -0.144. The summed E-state index contributed by atoms with van der Waals surface area (Å²) in [7, 11) is 0. The van der Waals surface area contributed by atoms with E-state index in [-0.39, 0.29) is 23.8 Å². The topological polar surface area (TPSA) is 87.7 Å². The van der Waals surface area contributed by atoms with Gasteiger partial charge in [0.2, 0.25) is 11.8 Å². The fourth-order valence-corrected chi connectivity index (χ4v) is 4.64. The number of benzene rings is 2. The Morgan fingerprint density at radius 3 is 2.16 bits per heavy atom. The van der Waals surface area contributed by atoms with Crippen molar-refractivity contribution in [1.82, 2.24) is 15.5 Å². The lowest BCUT2D eigenvalue weighted by Gasteiger charge is -2.36. The summed E-state index contributed by atoms with van der Waals surface area (Å²) in [6.45, 7) is 13.6. The lowest BCUT2D eigenvalue weighted by Crippen LogP contribution is -2.55. The van der Waals surface area contributed by atoms with Crippen molar-refractivity contribution in [3.63, 3.8) is 0 Å². The minimum Gasteiger partial charge on any atom is -0.444 e. The Bertz CT molecular complexity index is 1100. The smallest absolute Gasteiger partial charge is 0.408 e. The molecule has 0 bridgehead atoms. The lowest BCUT2D eigenvalue weighted by atomic mass is 9.94. The molecule has 2 aromatic carbocycles. The van der Waals surface area contributed by atoms with Crippen LogP contribution in [0.25, 0.3) is 0 Å². The molecule has 3 amide bonds. The molecule has 7 nitrogen and oxygen atoms in total. The van der Waals surface area contributed by atoms with Crippen molar-refractivity contribution in [1.29, 1.82) is 0 Å². The average molecular weight is 522 g/mol. The third-order valence-electron chi connectivity index (χ3n) is 6.74. The molecular weight excluding hydrogens is 478 g/mol. The van der Waals surface area contributed by atoms with Gasteiger partial charge in [0.15, 0.2) is 0 Å². The molecule has 3 unspecified atom stereocenters. The second-order valence-corrected chi connectivity index (χ2v) is 11.5. The van der Waals surface area contributed by atoms with Crippen LogP contribution in [0.2, 0.25) is 0 Å². The summed E-state index contributed by atoms with van der Waals surface area (Å²) in [6, 6.07) is 14.0. The van der Waals surface area contributed by atoms with Crippen molar-refractivity contribution >= 4 is 17.9 Å². The van der Waals surface area contributed by atoms with E-state index in [0.29, 0.717) is 13.0 Å². The highest BCUT2D eigenvalue weighted by Gasteiger charge is 2.45. The third kappa shape index (κ3) is 8.07. The van der Waals surface area contributed by atoms with Gasteiger partial charge in [0.25, 0.3) is 0 Å². The first-order valence-corrected chi connectivity index (χ1v) is 13.6. The Morgan fingerprint density at radius 1 is 1.03 bits per heavy atom. The van der Waals surface area contributed by atoms with E-state index in [4.69, 9.17) is 4.74 Å². The Kier molecular flexibility index (Phi) is 9.58. The first-order valence-electron chi connectivity index (χ1n) is 13.6. The number of amides is 3. The van der Waals surface area contributed by atoms with E-state index in [1.165, 1.54) is 0 Å². The number of ether oxygens (including phenoxy) is 1. The summed E-state index contributed by atoms with van der Waals surface area (Å²) in [4.78, 5) is 42.6. The van der Waals surface area contributed by atoms with Gasteiger partial charge in [-0.15, -0.1) is 0 Å². The minimum atomic E-state index is -0.815. The predicted molar refractivity (Wildman–Crippen MR) is 149 cm³/mol. The van der Waals surface area contributed by atoms with Crippen LogP contribution in [0.15, 0.2) is 48.5 Å². The van der Waals surface area contributed by atoms with Gasteiger partial charge in [0, 0.05) is 12.6 Å². The normalized spacial score (nSPS) is 15.7. The molecule has 1 saturated carbocycles. The monoisotopic (exact) mass is 521 g/mol. The van der Waals surface area contributed by atoms with Crippen molar-refractivity contribution in [2.24, 2.45) is 5.92 Å². The molecule has 0 radical (unpaired) electrons. The number of nitrogens with zero attached hydrogens (tertiary/aromatic N) is 1. The molecule has 2 N–H and O–H groups in total. The van der Waals surface area contributed by atoms with Crippen LogP contribution in [-0.2, 0) is 20.9 Å². The van der Waals surface area contributed by atoms with Crippen LogP contribution in [0.1, 0.15) is 82.2 Å². The maximum Gasteiger partial charge on any atom is 0.408 e. The summed E-state index contributed by atoms with van der Waals surface area (Å²) in [5.74, 6) is -0.644. The Morgan fingerprint density at radius 2 is 1.63 bits per heavy atom. The Labute approximate surface area is 227 Å². The summed E-state index contributed by atoms with van der Waals surface area (Å²) < 4.78 is 5.48. The maximum atomic E-state index is 14.3. The molecule has 0 aliphatic heterocycles. The van der Waals surface area contributed by atoms with E-state index in [9.17, 15) is 14.4 Å². The Hall–Kier alpha value is -3.35. The molecule has 0 spiro atoms. The summed E-state index contributed by atoms with van der Waals surface area (Å²) >= 11 is 0. The molecule has 7 heteroatoms. The second kappa shape index (κ2) is 12.5. The number of rotatable bonds is 10. The van der Waals surface area contributed by atoms with E-state index < -0.39 is 23.8 Å². The fourth-order valence-electron chi connectivity index (χ4n) is 4.64. The molecule has 1 aliphatic rings. The van der Waals surface area contributed by atoms with Gasteiger partial charge in [-0.05, 0) is 64.5 Å². The highest BCUT2D eigenvalue weighted by atomic mass is 16.6.